The Morgan fingerprint density at radius 1 is 1.14 bits per heavy atom. The molecule has 0 aliphatic heterocycles. The molecule has 0 amide bonds. The van der Waals surface area contributed by atoms with Crippen molar-refractivity contribution in [2.24, 2.45) is 17.8 Å². The first kappa shape index (κ1) is 14.9. The number of halogens is 3. The van der Waals surface area contributed by atoms with E-state index >= 15 is 0 Å². The average molecular weight is 297 g/mol. The molecule has 4 atom stereocenters. The van der Waals surface area contributed by atoms with Crippen LogP contribution in [0.1, 0.15) is 50.6 Å². The zero-order chi connectivity index (χ0) is 15.0. The summed E-state index contributed by atoms with van der Waals surface area (Å²) in [5.74, 6) is -1.36. The van der Waals surface area contributed by atoms with Gasteiger partial charge < -0.3 is 5.32 Å². The number of hydrogen-bond donors (Lipinski definition) is 1. The molecule has 0 saturated heterocycles. The van der Waals surface area contributed by atoms with E-state index in [1.54, 1.807) is 0 Å². The molecule has 2 saturated carbocycles. The fourth-order valence-electron chi connectivity index (χ4n) is 4.34. The molecule has 0 heterocycles. The first-order valence-corrected chi connectivity index (χ1v) is 7.96. The van der Waals surface area contributed by atoms with Crippen LogP contribution in [0.2, 0.25) is 0 Å². The van der Waals surface area contributed by atoms with Crippen LogP contribution in [-0.2, 0) is 0 Å². The number of nitrogens with one attached hydrogen (secondary N) is 1. The van der Waals surface area contributed by atoms with Gasteiger partial charge in [-0.15, -0.1) is 0 Å². The van der Waals surface area contributed by atoms with Crippen LogP contribution in [0.4, 0.5) is 13.2 Å². The molecular formula is C17H22F3N. The van der Waals surface area contributed by atoms with Crippen molar-refractivity contribution in [3.05, 3.63) is 35.1 Å². The standard InChI is InChI=1S/C17H22F3N/c1-2-21-15(9-12-8-10-3-4-11(12)7-10)13-5-6-14(18)17(20)16(13)19/h5-6,10-12,15,21H,2-4,7-9H2,1H3. The Kier molecular flexibility index (Phi) is 4.25. The summed E-state index contributed by atoms with van der Waals surface area (Å²) in [6.07, 6.45) is 5.92. The Bertz CT molecular complexity index is 517. The quantitative estimate of drug-likeness (QED) is 0.784. The summed E-state index contributed by atoms with van der Waals surface area (Å²) in [6, 6.07) is 2.18. The van der Waals surface area contributed by atoms with Crippen molar-refractivity contribution in [3.63, 3.8) is 0 Å². The second kappa shape index (κ2) is 5.99. The van der Waals surface area contributed by atoms with E-state index in [2.05, 4.69) is 5.32 Å². The van der Waals surface area contributed by atoms with Gasteiger partial charge in [-0.25, -0.2) is 13.2 Å². The molecule has 1 aromatic rings. The van der Waals surface area contributed by atoms with Crippen molar-refractivity contribution in [1.82, 2.24) is 5.32 Å². The van der Waals surface area contributed by atoms with Gasteiger partial charge in [0.25, 0.3) is 0 Å². The van der Waals surface area contributed by atoms with Crippen molar-refractivity contribution in [2.75, 3.05) is 6.54 Å². The largest absolute Gasteiger partial charge is 0.310 e. The van der Waals surface area contributed by atoms with Crippen molar-refractivity contribution in [3.8, 4) is 0 Å². The van der Waals surface area contributed by atoms with Crippen molar-refractivity contribution >= 4 is 0 Å². The van der Waals surface area contributed by atoms with E-state index in [-0.39, 0.29) is 11.6 Å². The zero-order valence-corrected chi connectivity index (χ0v) is 12.3. The second-order valence-electron chi connectivity index (χ2n) is 6.55. The molecule has 4 heteroatoms. The Morgan fingerprint density at radius 2 is 1.95 bits per heavy atom. The van der Waals surface area contributed by atoms with Gasteiger partial charge in [0, 0.05) is 11.6 Å². The topological polar surface area (TPSA) is 12.0 Å². The monoisotopic (exact) mass is 297 g/mol. The molecule has 2 aliphatic carbocycles. The molecule has 3 rings (SSSR count). The summed E-state index contributed by atoms with van der Waals surface area (Å²) in [5.41, 5.74) is 0.263. The van der Waals surface area contributed by atoms with Crippen molar-refractivity contribution in [2.45, 2.75) is 45.1 Å². The lowest BCUT2D eigenvalue weighted by molar-refractivity contribution is 0.276. The third kappa shape index (κ3) is 2.83. The summed E-state index contributed by atoms with van der Waals surface area (Å²) < 4.78 is 40.6. The highest BCUT2D eigenvalue weighted by atomic mass is 19.2. The molecule has 1 N–H and O–H groups in total. The molecule has 4 unspecified atom stereocenters. The van der Waals surface area contributed by atoms with Gasteiger partial charge in [-0.3, -0.25) is 0 Å². The first-order valence-electron chi connectivity index (χ1n) is 7.96. The third-order valence-corrected chi connectivity index (χ3v) is 5.31. The Hall–Kier alpha value is -1.03. The molecule has 0 radical (unpaired) electrons. The highest BCUT2D eigenvalue weighted by molar-refractivity contribution is 5.24. The average Bonchev–Trinajstić information content (AvgIpc) is 3.07. The molecule has 2 fully saturated rings. The van der Waals surface area contributed by atoms with Gasteiger partial charge in [-0.2, -0.15) is 0 Å². The van der Waals surface area contributed by atoms with E-state index in [1.807, 2.05) is 6.92 Å². The Labute approximate surface area is 123 Å². The van der Waals surface area contributed by atoms with Gasteiger partial charge in [-0.1, -0.05) is 19.4 Å². The Balaban J connectivity index is 1.79. The van der Waals surface area contributed by atoms with Crippen LogP contribution in [0.3, 0.4) is 0 Å². The normalized spacial score (nSPS) is 29.0. The van der Waals surface area contributed by atoms with Crippen LogP contribution in [0.5, 0.6) is 0 Å². The summed E-state index contributed by atoms with van der Waals surface area (Å²) in [4.78, 5) is 0. The van der Waals surface area contributed by atoms with Gasteiger partial charge >= 0.3 is 0 Å². The summed E-state index contributed by atoms with van der Waals surface area (Å²) >= 11 is 0. The smallest absolute Gasteiger partial charge is 0.194 e. The molecule has 2 bridgehead atoms. The maximum Gasteiger partial charge on any atom is 0.194 e. The second-order valence-corrected chi connectivity index (χ2v) is 6.55. The SMILES string of the molecule is CCNC(CC1CC2CCC1C2)c1ccc(F)c(F)c1F. The maximum absolute atomic E-state index is 14.0. The van der Waals surface area contributed by atoms with Crippen LogP contribution < -0.4 is 5.32 Å². The van der Waals surface area contributed by atoms with Crippen LogP contribution >= 0.6 is 0 Å². The molecule has 1 aromatic carbocycles. The minimum atomic E-state index is -1.36. The molecule has 21 heavy (non-hydrogen) atoms. The van der Waals surface area contributed by atoms with E-state index in [1.165, 1.54) is 31.7 Å². The lowest BCUT2D eigenvalue weighted by Crippen LogP contribution is -2.26. The van der Waals surface area contributed by atoms with Crippen LogP contribution in [-0.4, -0.2) is 6.54 Å². The minimum Gasteiger partial charge on any atom is -0.310 e. The fraction of sp³-hybridized carbons (Fsp3) is 0.647. The summed E-state index contributed by atoms with van der Waals surface area (Å²) in [5, 5.41) is 3.24. The lowest BCUT2D eigenvalue weighted by atomic mass is 9.82. The van der Waals surface area contributed by atoms with Gasteiger partial charge in [0.1, 0.15) is 0 Å². The number of hydrogen-bond acceptors (Lipinski definition) is 1. The van der Waals surface area contributed by atoms with Crippen molar-refractivity contribution < 1.29 is 13.2 Å². The van der Waals surface area contributed by atoms with Crippen LogP contribution in [0.25, 0.3) is 0 Å². The van der Waals surface area contributed by atoms with Crippen molar-refractivity contribution in [1.29, 1.82) is 0 Å². The highest BCUT2D eigenvalue weighted by Gasteiger charge is 2.40. The maximum atomic E-state index is 14.0. The summed E-state index contributed by atoms with van der Waals surface area (Å²) in [6.45, 7) is 2.63. The molecule has 0 aromatic heterocycles. The predicted octanol–water partition coefficient (Wildman–Crippen LogP) is 4.58. The first-order chi connectivity index (χ1) is 10.1. The third-order valence-electron chi connectivity index (χ3n) is 5.31. The molecule has 116 valence electrons. The van der Waals surface area contributed by atoms with Gasteiger partial charge in [-0.05, 0) is 56.0 Å². The number of fused-ring (bicyclic) bond motifs is 2. The molecular weight excluding hydrogens is 275 g/mol. The fourth-order valence-corrected chi connectivity index (χ4v) is 4.34. The zero-order valence-electron chi connectivity index (χ0n) is 12.3. The van der Waals surface area contributed by atoms with E-state index in [9.17, 15) is 13.2 Å². The minimum absolute atomic E-state index is 0.227. The molecule has 1 nitrogen and oxygen atoms in total. The molecule has 0 spiro atoms. The number of rotatable bonds is 5. The highest BCUT2D eigenvalue weighted by Crippen LogP contribution is 2.51. The Morgan fingerprint density at radius 3 is 2.57 bits per heavy atom. The summed E-state index contributed by atoms with van der Waals surface area (Å²) in [7, 11) is 0. The van der Waals surface area contributed by atoms with E-state index < -0.39 is 17.5 Å². The van der Waals surface area contributed by atoms with Crippen LogP contribution in [0.15, 0.2) is 12.1 Å². The van der Waals surface area contributed by atoms with E-state index in [0.29, 0.717) is 12.5 Å². The molecule has 2 aliphatic rings. The van der Waals surface area contributed by atoms with Crippen LogP contribution in [0, 0.1) is 35.2 Å². The van der Waals surface area contributed by atoms with Gasteiger partial charge in [0.2, 0.25) is 0 Å². The number of benzene rings is 1. The lowest BCUT2D eigenvalue weighted by Gasteiger charge is -2.27. The van der Waals surface area contributed by atoms with E-state index in [4.69, 9.17) is 0 Å². The van der Waals surface area contributed by atoms with Gasteiger partial charge in [0.15, 0.2) is 17.5 Å². The van der Waals surface area contributed by atoms with E-state index in [0.717, 1.165) is 24.3 Å². The van der Waals surface area contributed by atoms with Gasteiger partial charge in [0.05, 0.1) is 0 Å². The predicted molar refractivity (Wildman–Crippen MR) is 76.3 cm³/mol.